The predicted molar refractivity (Wildman–Crippen MR) is 116 cm³/mol. The number of thioether (sulfide) groups is 1. The van der Waals surface area contributed by atoms with E-state index in [1.807, 2.05) is 61.7 Å². The Bertz CT molecular complexity index is 913. The lowest BCUT2D eigenvalue weighted by atomic mass is 9.94. The monoisotopic (exact) mass is 410 g/mol. The van der Waals surface area contributed by atoms with Gasteiger partial charge in [-0.2, -0.15) is 11.8 Å². The second-order valence-electron chi connectivity index (χ2n) is 7.20. The van der Waals surface area contributed by atoms with Crippen LogP contribution in [0.2, 0.25) is 0 Å². The summed E-state index contributed by atoms with van der Waals surface area (Å²) >= 11 is 1.70. The second-order valence-corrected chi connectivity index (χ2v) is 8.18. The first-order valence-corrected chi connectivity index (χ1v) is 10.9. The lowest BCUT2D eigenvalue weighted by Crippen LogP contribution is -2.36. The van der Waals surface area contributed by atoms with E-state index in [0.717, 1.165) is 11.3 Å². The zero-order valence-corrected chi connectivity index (χ0v) is 17.5. The van der Waals surface area contributed by atoms with Crippen molar-refractivity contribution in [3.8, 4) is 0 Å². The Kier molecular flexibility index (Phi) is 7.06. The lowest BCUT2D eigenvalue weighted by molar-refractivity contribution is 0.0928. The normalized spacial score (nSPS) is 14.2. The number of nitrogens with zero attached hydrogens (tertiary/aromatic N) is 2. The molecule has 0 aliphatic rings. The third-order valence-corrected chi connectivity index (χ3v) is 5.24. The molecular formula is C22H26N4O2S. The fourth-order valence-corrected chi connectivity index (χ4v) is 3.50. The molecule has 0 bridgehead atoms. The summed E-state index contributed by atoms with van der Waals surface area (Å²) in [6.07, 6.45) is 3.27. The molecule has 3 N–H and O–H groups in total. The van der Waals surface area contributed by atoms with Crippen LogP contribution >= 0.6 is 11.8 Å². The van der Waals surface area contributed by atoms with Crippen LogP contribution in [0.4, 0.5) is 0 Å². The molecule has 1 amide bonds. The van der Waals surface area contributed by atoms with Crippen LogP contribution in [0.1, 0.15) is 47.1 Å². The van der Waals surface area contributed by atoms with Crippen LogP contribution in [0.15, 0.2) is 65.1 Å². The number of benzene rings is 2. The van der Waals surface area contributed by atoms with E-state index in [1.165, 1.54) is 0 Å². The minimum atomic E-state index is -0.805. The molecule has 1 heterocycles. The summed E-state index contributed by atoms with van der Waals surface area (Å²) in [6, 6.07) is 18.7. The maximum absolute atomic E-state index is 12.6. The summed E-state index contributed by atoms with van der Waals surface area (Å²) in [5.74, 6) is 1.42. The number of amides is 1. The average molecular weight is 411 g/mol. The lowest BCUT2D eigenvalue weighted by Gasteiger charge is -2.20. The van der Waals surface area contributed by atoms with E-state index in [0.29, 0.717) is 30.2 Å². The smallest absolute Gasteiger partial charge is 0.251 e. The second kappa shape index (κ2) is 9.71. The Morgan fingerprint density at radius 1 is 1.14 bits per heavy atom. The molecule has 0 fully saturated rings. The van der Waals surface area contributed by atoms with Crippen LogP contribution in [0.5, 0.6) is 0 Å². The van der Waals surface area contributed by atoms with Crippen molar-refractivity contribution >= 4 is 17.7 Å². The topological polar surface area (TPSA) is 94.0 Å². The molecule has 0 saturated heterocycles. The number of rotatable bonds is 9. The van der Waals surface area contributed by atoms with Gasteiger partial charge in [-0.15, -0.1) is 10.2 Å². The van der Waals surface area contributed by atoms with Gasteiger partial charge < -0.3 is 15.5 Å². The van der Waals surface area contributed by atoms with Gasteiger partial charge in [-0.05, 0) is 49.5 Å². The van der Waals surface area contributed by atoms with Gasteiger partial charge >= 0.3 is 0 Å². The Labute approximate surface area is 175 Å². The molecule has 152 valence electrons. The van der Waals surface area contributed by atoms with Gasteiger partial charge in [0, 0.05) is 5.56 Å². The largest absolute Gasteiger partial charge is 0.421 e. The van der Waals surface area contributed by atoms with Crippen LogP contribution in [0.25, 0.3) is 0 Å². The molecule has 0 radical (unpaired) electrons. The van der Waals surface area contributed by atoms with Gasteiger partial charge in [0.2, 0.25) is 11.8 Å². The number of carbonyl (C=O) groups is 1. The van der Waals surface area contributed by atoms with Crippen molar-refractivity contribution < 1.29 is 9.21 Å². The third-order valence-electron chi connectivity index (χ3n) is 4.59. The van der Waals surface area contributed by atoms with E-state index in [-0.39, 0.29) is 11.9 Å². The first kappa shape index (κ1) is 21.1. The molecule has 0 aliphatic carbocycles. The minimum Gasteiger partial charge on any atom is -0.421 e. The van der Waals surface area contributed by atoms with Crippen LogP contribution in [-0.2, 0) is 12.0 Å². The van der Waals surface area contributed by atoms with E-state index in [9.17, 15) is 4.79 Å². The van der Waals surface area contributed by atoms with E-state index in [4.69, 9.17) is 10.2 Å². The van der Waals surface area contributed by atoms with Gasteiger partial charge in [-0.25, -0.2) is 0 Å². The van der Waals surface area contributed by atoms with Gasteiger partial charge in [-0.3, -0.25) is 4.79 Å². The molecular weight excluding hydrogens is 384 g/mol. The van der Waals surface area contributed by atoms with Gasteiger partial charge in [-0.1, -0.05) is 48.5 Å². The summed E-state index contributed by atoms with van der Waals surface area (Å²) in [7, 11) is 0. The number of carbonyl (C=O) groups excluding carboxylic acids is 1. The van der Waals surface area contributed by atoms with E-state index >= 15 is 0 Å². The molecule has 0 saturated carbocycles. The van der Waals surface area contributed by atoms with Crippen molar-refractivity contribution in [1.82, 2.24) is 15.5 Å². The van der Waals surface area contributed by atoms with E-state index in [1.54, 1.807) is 23.9 Å². The average Bonchev–Trinajstić information content (AvgIpc) is 3.23. The van der Waals surface area contributed by atoms with E-state index < -0.39 is 5.54 Å². The van der Waals surface area contributed by atoms with Crippen molar-refractivity contribution in [3.63, 3.8) is 0 Å². The molecule has 1 unspecified atom stereocenters. The summed E-state index contributed by atoms with van der Waals surface area (Å²) in [6.45, 7) is 1.87. The Morgan fingerprint density at radius 3 is 2.45 bits per heavy atom. The number of nitrogens with one attached hydrogen (secondary N) is 1. The Morgan fingerprint density at radius 2 is 1.79 bits per heavy atom. The SMILES string of the molecule is CSCCC(NC(=O)c1ccccc1)c1nnc([C@](C)(N)Cc2ccccc2)o1. The molecule has 1 aromatic heterocycles. The molecule has 2 aromatic carbocycles. The Hall–Kier alpha value is -2.64. The highest BCUT2D eigenvalue weighted by Crippen LogP contribution is 2.25. The van der Waals surface area contributed by atoms with Crippen molar-refractivity contribution in [1.29, 1.82) is 0 Å². The van der Waals surface area contributed by atoms with Gasteiger partial charge in [0.05, 0.1) is 5.54 Å². The van der Waals surface area contributed by atoms with Crippen molar-refractivity contribution in [3.05, 3.63) is 83.6 Å². The summed E-state index contributed by atoms with van der Waals surface area (Å²) in [5, 5.41) is 11.4. The fraction of sp³-hybridized carbons (Fsp3) is 0.318. The zero-order valence-electron chi connectivity index (χ0n) is 16.7. The first-order chi connectivity index (χ1) is 14.0. The van der Waals surface area contributed by atoms with Crippen molar-refractivity contribution in [2.75, 3.05) is 12.0 Å². The van der Waals surface area contributed by atoms with Gasteiger partial charge in [0.25, 0.3) is 5.91 Å². The van der Waals surface area contributed by atoms with Gasteiger partial charge in [0.1, 0.15) is 6.04 Å². The maximum atomic E-state index is 12.6. The highest BCUT2D eigenvalue weighted by Gasteiger charge is 2.30. The molecule has 3 aromatic rings. The Balaban J connectivity index is 1.77. The molecule has 6 nitrogen and oxygen atoms in total. The molecule has 7 heteroatoms. The highest BCUT2D eigenvalue weighted by molar-refractivity contribution is 7.98. The van der Waals surface area contributed by atoms with Crippen molar-refractivity contribution in [2.24, 2.45) is 5.73 Å². The number of nitrogens with two attached hydrogens (primary N) is 1. The number of hydrogen-bond acceptors (Lipinski definition) is 6. The predicted octanol–water partition coefficient (Wildman–Crippen LogP) is 3.71. The third kappa shape index (κ3) is 5.68. The molecule has 0 aliphatic heterocycles. The molecule has 3 rings (SSSR count). The summed E-state index contributed by atoms with van der Waals surface area (Å²) in [5.41, 5.74) is 7.37. The van der Waals surface area contributed by atoms with Gasteiger partial charge in [0.15, 0.2) is 0 Å². The summed E-state index contributed by atoms with van der Waals surface area (Å²) < 4.78 is 5.95. The van der Waals surface area contributed by atoms with Crippen LogP contribution in [0.3, 0.4) is 0 Å². The molecule has 29 heavy (non-hydrogen) atoms. The van der Waals surface area contributed by atoms with Crippen LogP contribution in [-0.4, -0.2) is 28.1 Å². The quantitative estimate of drug-likeness (QED) is 0.558. The number of hydrogen-bond donors (Lipinski definition) is 2. The minimum absolute atomic E-state index is 0.170. The molecule has 2 atom stereocenters. The zero-order chi connectivity index (χ0) is 20.7. The van der Waals surface area contributed by atoms with E-state index in [2.05, 4.69) is 15.5 Å². The first-order valence-electron chi connectivity index (χ1n) is 9.51. The highest BCUT2D eigenvalue weighted by atomic mass is 32.2. The number of aromatic nitrogens is 2. The maximum Gasteiger partial charge on any atom is 0.251 e. The van der Waals surface area contributed by atoms with Crippen LogP contribution < -0.4 is 11.1 Å². The summed E-state index contributed by atoms with van der Waals surface area (Å²) in [4.78, 5) is 12.6. The van der Waals surface area contributed by atoms with Crippen LogP contribution in [0, 0.1) is 0 Å². The fourth-order valence-electron chi connectivity index (χ4n) is 3.03. The standard InChI is InChI=1S/C22H26N4O2S/c1-22(23,15-16-9-5-3-6-10-16)21-26-25-20(28-21)18(13-14-29-2)24-19(27)17-11-7-4-8-12-17/h3-12,18H,13-15,23H2,1-2H3,(H,24,27)/t18?,22-/m1/s1. The van der Waals surface area contributed by atoms with Crippen molar-refractivity contribution in [2.45, 2.75) is 31.3 Å². The molecule has 0 spiro atoms.